The van der Waals surface area contributed by atoms with Crippen LogP contribution in [-0.2, 0) is 10.3 Å². The van der Waals surface area contributed by atoms with E-state index in [1.54, 1.807) is 0 Å². The molecule has 0 bridgehead atoms. The summed E-state index contributed by atoms with van der Waals surface area (Å²) in [6, 6.07) is 7.12. The first-order chi connectivity index (χ1) is 17.2. The van der Waals surface area contributed by atoms with Gasteiger partial charge in [0.1, 0.15) is 0 Å². The summed E-state index contributed by atoms with van der Waals surface area (Å²) in [7, 11) is 3.75. The van der Waals surface area contributed by atoms with Crippen molar-refractivity contribution < 1.29 is 0 Å². The van der Waals surface area contributed by atoms with Crippen molar-refractivity contribution >= 4 is 65.4 Å². The van der Waals surface area contributed by atoms with Crippen LogP contribution in [0.3, 0.4) is 0 Å². The first kappa shape index (κ1) is 32.3. The first-order valence-electron chi connectivity index (χ1n) is 14.2. The normalized spacial score (nSPS) is 25.7. The molecule has 2 aliphatic rings. The Balaban J connectivity index is 2.41. The molecule has 0 aromatic heterocycles. The van der Waals surface area contributed by atoms with Gasteiger partial charge in [-0.25, -0.2) is 9.44 Å². The van der Waals surface area contributed by atoms with Crippen molar-refractivity contribution in [3.05, 3.63) is 29.3 Å². The molecule has 0 aliphatic carbocycles. The summed E-state index contributed by atoms with van der Waals surface area (Å²) in [5.74, 6) is 2.19. The minimum absolute atomic E-state index is 0.0588. The molecule has 2 unspecified atom stereocenters. The highest BCUT2D eigenvalue weighted by molar-refractivity contribution is 8.76. The molecule has 212 valence electrons. The lowest BCUT2D eigenvalue weighted by Gasteiger charge is -2.57. The van der Waals surface area contributed by atoms with Gasteiger partial charge in [-0.2, -0.15) is 0 Å². The predicted octanol–water partition coefficient (Wildman–Crippen LogP) is 9.89. The zero-order valence-corrected chi connectivity index (χ0v) is 30.6. The summed E-state index contributed by atoms with van der Waals surface area (Å²) in [5.41, 5.74) is 15.2. The van der Waals surface area contributed by atoms with Crippen molar-refractivity contribution in [2.24, 2.45) is 0 Å². The van der Waals surface area contributed by atoms with Crippen LogP contribution in [0.5, 0.6) is 0 Å². The maximum absolute atomic E-state index is 7.54. The van der Waals surface area contributed by atoms with Gasteiger partial charge < -0.3 is 5.73 Å². The monoisotopic (exact) mass is 615 g/mol. The van der Waals surface area contributed by atoms with Crippen LogP contribution in [0.25, 0.3) is 0 Å². The number of para-hydroxylation sites is 1. The van der Waals surface area contributed by atoms with Gasteiger partial charge in [0.05, 0.1) is 26.5 Å². The highest BCUT2D eigenvalue weighted by Crippen LogP contribution is 2.62. The minimum atomic E-state index is -1.97. The van der Waals surface area contributed by atoms with E-state index in [0.717, 1.165) is 17.2 Å². The Morgan fingerprint density at radius 2 is 0.919 bits per heavy atom. The average Bonchev–Trinajstić information content (AvgIpc) is 3.45. The van der Waals surface area contributed by atoms with Crippen LogP contribution in [0.15, 0.2) is 18.2 Å². The summed E-state index contributed by atoms with van der Waals surface area (Å²) in [6.45, 7) is 29.9. The Morgan fingerprint density at radius 3 is 1.14 bits per heavy atom. The number of nitrogens with one attached hydrogen (secondary N) is 2. The molecule has 0 radical (unpaired) electrons. The van der Waals surface area contributed by atoms with E-state index in [9.17, 15) is 0 Å². The Morgan fingerprint density at radius 1 is 0.622 bits per heavy atom. The van der Waals surface area contributed by atoms with E-state index in [1.165, 1.54) is 11.1 Å². The Kier molecular flexibility index (Phi) is 10.4. The van der Waals surface area contributed by atoms with Gasteiger partial charge in [-0.3, -0.25) is 0 Å². The third-order valence-electron chi connectivity index (χ3n) is 10.3. The maximum atomic E-state index is 7.54. The summed E-state index contributed by atoms with van der Waals surface area (Å²) in [4.78, 5) is 0. The number of nitrogen functional groups attached to an aromatic ring is 1. The molecule has 37 heavy (non-hydrogen) atoms. The van der Waals surface area contributed by atoms with Gasteiger partial charge in [-0.1, -0.05) is 123 Å². The minimum Gasteiger partial charge on any atom is -0.398 e. The Labute approximate surface area is 246 Å². The highest BCUT2D eigenvalue weighted by Gasteiger charge is 2.64. The molecule has 0 spiro atoms. The summed E-state index contributed by atoms with van der Waals surface area (Å²) in [5, 5.41) is -0.118. The molecule has 4 N–H and O–H groups in total. The molecule has 2 fully saturated rings. The molecule has 2 atom stereocenters. The fraction of sp³-hybridized carbons (Fsp3) is 0.786. The molecule has 2 aliphatic heterocycles. The molecular formula is C28H53N3S4Si2. The number of nitrogens with two attached hydrogens (primary N) is 1. The van der Waals surface area contributed by atoms with Crippen molar-refractivity contribution in [2.75, 3.05) is 17.2 Å². The molecule has 0 amide bonds. The van der Waals surface area contributed by atoms with Crippen LogP contribution in [0.4, 0.5) is 5.69 Å². The largest absolute Gasteiger partial charge is 0.398 e. The van der Waals surface area contributed by atoms with E-state index in [1.807, 2.05) is 43.5 Å². The van der Waals surface area contributed by atoms with Crippen molar-refractivity contribution in [3.63, 3.8) is 0 Å². The number of benzene rings is 1. The number of anilines is 1. The molecule has 0 saturated carbocycles. The lowest BCUT2D eigenvalue weighted by molar-refractivity contribution is 0.564. The summed E-state index contributed by atoms with van der Waals surface area (Å²) in [6.07, 6.45) is 0. The van der Waals surface area contributed by atoms with E-state index in [0.29, 0.717) is 33.2 Å². The third-order valence-corrected chi connectivity index (χ3v) is 30.9. The fourth-order valence-electron chi connectivity index (χ4n) is 9.92. The smallest absolute Gasteiger partial charge is 0.0921 e. The second-order valence-electron chi connectivity index (χ2n) is 13.3. The molecule has 1 aromatic carbocycles. The molecule has 2 heterocycles. The van der Waals surface area contributed by atoms with Crippen LogP contribution in [-0.4, -0.2) is 27.7 Å². The molecule has 3 rings (SSSR count). The zero-order chi connectivity index (χ0) is 28.0. The van der Waals surface area contributed by atoms with Gasteiger partial charge >= 0.3 is 0 Å². The van der Waals surface area contributed by atoms with E-state index >= 15 is 0 Å². The van der Waals surface area contributed by atoms with Gasteiger partial charge in [0.15, 0.2) is 0 Å². The summed E-state index contributed by atoms with van der Waals surface area (Å²) < 4.78 is 8.18. The van der Waals surface area contributed by atoms with Gasteiger partial charge in [0.25, 0.3) is 0 Å². The van der Waals surface area contributed by atoms with Gasteiger partial charge in [0, 0.05) is 17.2 Å². The SMILES string of the molecule is CC(C)[Si](C(C)C)(C(C)C)C1(c2cccc(C3([Si](C(C)C)(C(C)C)C(C)C)CSSN3)c2N)CSSN1. The second-order valence-corrected chi connectivity index (χ2v) is 29.8. The fourth-order valence-corrected chi connectivity index (χ4v) is 34.9. The molecule has 3 nitrogen and oxygen atoms in total. The highest BCUT2D eigenvalue weighted by atomic mass is 33.1. The quantitative estimate of drug-likeness (QED) is 0.105. The van der Waals surface area contributed by atoms with Crippen LogP contribution in [0, 0.1) is 0 Å². The molecule has 9 heteroatoms. The van der Waals surface area contributed by atoms with Crippen molar-refractivity contribution in [1.29, 1.82) is 0 Å². The molecule has 1 aromatic rings. The summed E-state index contributed by atoms with van der Waals surface area (Å²) >= 11 is 0. The standard InChI is InChI=1S/C28H53N3S4Si2/c1-18(2)36(19(3)4,20(5)6)27(16-32-34-30-27)24-14-13-15-25(26(24)29)28(17-33-35-31-28)37(21(7)8,22(9)10)23(11)12/h13-15,18-23,30-31H,16-17,29H2,1-12H3. The lowest BCUT2D eigenvalue weighted by Crippen LogP contribution is -2.68. The van der Waals surface area contributed by atoms with Crippen LogP contribution >= 0.6 is 43.5 Å². The molecule has 2 saturated heterocycles. The van der Waals surface area contributed by atoms with Gasteiger partial charge in [0.2, 0.25) is 0 Å². The van der Waals surface area contributed by atoms with E-state index in [4.69, 9.17) is 5.73 Å². The number of rotatable bonds is 10. The zero-order valence-electron chi connectivity index (χ0n) is 25.3. The predicted molar refractivity (Wildman–Crippen MR) is 183 cm³/mol. The molecular weight excluding hydrogens is 563 g/mol. The van der Waals surface area contributed by atoms with Gasteiger partial charge in [-0.05, 0) is 66.3 Å². The van der Waals surface area contributed by atoms with Crippen molar-refractivity contribution in [2.45, 2.75) is 127 Å². The number of hydrogen-bond acceptors (Lipinski definition) is 7. The van der Waals surface area contributed by atoms with E-state index < -0.39 is 16.1 Å². The van der Waals surface area contributed by atoms with Crippen LogP contribution in [0.2, 0.25) is 33.2 Å². The second kappa shape index (κ2) is 11.9. The number of hydrogen-bond donors (Lipinski definition) is 3. The van der Waals surface area contributed by atoms with Crippen molar-refractivity contribution in [1.82, 2.24) is 9.44 Å². The van der Waals surface area contributed by atoms with Crippen LogP contribution < -0.4 is 15.2 Å². The topological polar surface area (TPSA) is 50.1 Å². The van der Waals surface area contributed by atoms with Crippen LogP contribution in [0.1, 0.15) is 94.2 Å². The third kappa shape index (κ3) is 4.56. The Bertz CT molecular complexity index is 810. The van der Waals surface area contributed by atoms with E-state index in [2.05, 4.69) is 111 Å². The first-order valence-corrected chi connectivity index (χ1v) is 23.3. The lowest BCUT2D eigenvalue weighted by atomic mass is 9.97. The Hall–Kier alpha value is 0.774. The van der Waals surface area contributed by atoms with E-state index in [-0.39, 0.29) is 10.3 Å². The van der Waals surface area contributed by atoms with Crippen molar-refractivity contribution in [3.8, 4) is 0 Å². The average molecular weight is 616 g/mol. The maximum Gasteiger partial charge on any atom is 0.0921 e. The van der Waals surface area contributed by atoms with Gasteiger partial charge in [-0.15, -0.1) is 0 Å².